The molecular weight excluding hydrogens is 392 g/mol. The number of hydrogen-bond donors (Lipinski definition) is 0. The molecule has 164 valence electrons. The second-order valence-corrected chi connectivity index (χ2v) is 16.0. The van der Waals surface area contributed by atoms with Gasteiger partial charge in [-0.15, -0.1) is 0 Å². The van der Waals surface area contributed by atoms with Gasteiger partial charge in [-0.25, -0.2) is 0 Å². The van der Waals surface area contributed by atoms with Gasteiger partial charge in [0.2, 0.25) is 0 Å². The van der Waals surface area contributed by atoms with Crippen LogP contribution in [0.2, 0.25) is 19.6 Å². The Hall–Kier alpha value is -1.62. The fraction of sp³-hybridized carbons (Fsp3) is 0.680. The van der Waals surface area contributed by atoms with Gasteiger partial charge in [0.15, 0.2) is 0 Å². The third kappa shape index (κ3) is 3.53. The lowest BCUT2D eigenvalue weighted by Gasteiger charge is -2.51. The van der Waals surface area contributed by atoms with Gasteiger partial charge >= 0.3 is 11.9 Å². The standard InChI is InChI=1S/C25H36O4Si/c1-15(26)28-22-11-9-17-18-13-14-25(3)21(10-12-23(25)29-16(2)27)19(18)7-8-20(17)24(22)30(4,5)6/h9,11,18-19,21,23H,7-8,10,12-14H2,1-6H3/t18-,19-,21+,23+,25+/m1/s1. The normalized spacial score (nSPS) is 32.6. The number of rotatable bonds is 3. The summed E-state index contributed by atoms with van der Waals surface area (Å²) in [6.45, 7) is 12.4. The van der Waals surface area contributed by atoms with Gasteiger partial charge in [0.25, 0.3) is 0 Å². The van der Waals surface area contributed by atoms with Gasteiger partial charge in [0.05, 0.1) is 8.07 Å². The predicted molar refractivity (Wildman–Crippen MR) is 121 cm³/mol. The van der Waals surface area contributed by atoms with Gasteiger partial charge in [-0.2, -0.15) is 0 Å². The molecule has 0 heterocycles. The molecule has 0 unspecified atom stereocenters. The van der Waals surface area contributed by atoms with Gasteiger partial charge in [0.1, 0.15) is 11.9 Å². The maximum absolute atomic E-state index is 11.7. The number of benzene rings is 1. The Labute approximate surface area is 181 Å². The first-order chi connectivity index (χ1) is 14.0. The van der Waals surface area contributed by atoms with E-state index in [2.05, 4.69) is 38.7 Å². The Bertz CT molecular complexity index is 871. The highest BCUT2D eigenvalue weighted by atomic mass is 28.3. The molecule has 0 bridgehead atoms. The maximum atomic E-state index is 11.7. The largest absolute Gasteiger partial charge is 0.462 e. The summed E-state index contributed by atoms with van der Waals surface area (Å²) in [7, 11) is -1.69. The van der Waals surface area contributed by atoms with Gasteiger partial charge in [-0.1, -0.05) is 32.6 Å². The maximum Gasteiger partial charge on any atom is 0.308 e. The van der Waals surface area contributed by atoms with Gasteiger partial charge in [-0.05, 0) is 78.7 Å². The molecule has 4 nitrogen and oxygen atoms in total. The molecule has 0 aliphatic heterocycles. The van der Waals surface area contributed by atoms with Crippen LogP contribution in [0.15, 0.2) is 12.1 Å². The van der Waals surface area contributed by atoms with Gasteiger partial charge in [-0.3, -0.25) is 9.59 Å². The Morgan fingerprint density at radius 2 is 1.77 bits per heavy atom. The molecular formula is C25H36O4Si. The van der Waals surface area contributed by atoms with E-state index in [1.54, 1.807) is 0 Å². The second-order valence-electron chi connectivity index (χ2n) is 11.0. The first-order valence-electron chi connectivity index (χ1n) is 11.5. The molecule has 3 aliphatic carbocycles. The summed E-state index contributed by atoms with van der Waals surface area (Å²) in [5.74, 6) is 2.26. The molecule has 0 amide bonds. The molecule has 0 N–H and O–H groups in total. The molecule has 1 aromatic carbocycles. The average Bonchev–Trinajstić information content (AvgIpc) is 2.95. The van der Waals surface area contributed by atoms with E-state index in [1.165, 1.54) is 36.6 Å². The van der Waals surface area contributed by atoms with Crippen LogP contribution in [0.5, 0.6) is 5.75 Å². The lowest BCUT2D eigenvalue weighted by atomic mass is 9.55. The molecule has 30 heavy (non-hydrogen) atoms. The van der Waals surface area contributed by atoms with E-state index in [0.717, 1.165) is 37.9 Å². The molecule has 0 aromatic heterocycles. The topological polar surface area (TPSA) is 52.6 Å². The Kier molecular flexibility index (Phi) is 5.40. The molecule has 1 aromatic rings. The van der Waals surface area contributed by atoms with Crippen molar-refractivity contribution < 1.29 is 19.1 Å². The quantitative estimate of drug-likeness (QED) is 0.388. The molecule has 5 heteroatoms. The number of esters is 2. The summed E-state index contributed by atoms with van der Waals surface area (Å²) < 4.78 is 11.4. The van der Waals surface area contributed by atoms with Crippen LogP contribution in [0, 0.1) is 17.3 Å². The van der Waals surface area contributed by atoms with E-state index < -0.39 is 8.07 Å². The van der Waals surface area contributed by atoms with Crippen LogP contribution in [0.1, 0.15) is 69.9 Å². The van der Waals surface area contributed by atoms with Crippen LogP contribution in [0.4, 0.5) is 0 Å². The van der Waals surface area contributed by atoms with Crippen LogP contribution < -0.4 is 9.92 Å². The fourth-order valence-electron chi connectivity index (χ4n) is 7.05. The second kappa shape index (κ2) is 7.51. The van der Waals surface area contributed by atoms with Crippen LogP contribution in [0.25, 0.3) is 0 Å². The minimum absolute atomic E-state index is 0.0752. The van der Waals surface area contributed by atoms with Crippen LogP contribution in [0.3, 0.4) is 0 Å². The van der Waals surface area contributed by atoms with E-state index in [1.807, 2.05) is 0 Å². The fourth-order valence-corrected chi connectivity index (χ4v) is 9.10. The van der Waals surface area contributed by atoms with Crippen molar-refractivity contribution in [3.05, 3.63) is 23.3 Å². The number of carbonyl (C=O) groups excluding carboxylic acids is 2. The molecule has 0 saturated heterocycles. The zero-order valence-corrected chi connectivity index (χ0v) is 20.3. The molecule has 0 spiro atoms. The van der Waals surface area contributed by atoms with E-state index in [0.29, 0.717) is 17.8 Å². The summed E-state index contributed by atoms with van der Waals surface area (Å²) in [5.41, 5.74) is 3.08. The number of hydrogen-bond acceptors (Lipinski definition) is 4. The minimum Gasteiger partial charge on any atom is -0.462 e. The summed E-state index contributed by atoms with van der Waals surface area (Å²) in [6, 6.07) is 4.30. The lowest BCUT2D eigenvalue weighted by molar-refractivity contribution is -0.154. The molecule has 2 fully saturated rings. The first kappa shape index (κ1) is 21.6. The summed E-state index contributed by atoms with van der Waals surface area (Å²) >= 11 is 0. The molecule has 0 radical (unpaired) electrons. The monoisotopic (exact) mass is 428 g/mol. The summed E-state index contributed by atoms with van der Waals surface area (Å²) in [5, 5.41) is 1.34. The number of carbonyl (C=O) groups is 2. The predicted octanol–water partition coefficient (Wildman–Crippen LogP) is 4.94. The molecule has 2 saturated carbocycles. The van der Waals surface area contributed by atoms with Crippen molar-refractivity contribution in [2.75, 3.05) is 0 Å². The Balaban J connectivity index is 1.70. The van der Waals surface area contributed by atoms with Crippen molar-refractivity contribution in [1.82, 2.24) is 0 Å². The van der Waals surface area contributed by atoms with E-state index in [-0.39, 0.29) is 23.5 Å². The SMILES string of the molecule is CC(=O)Oc1ccc2c(c1[Si](C)(C)C)CC[C@@H]1[C@@H]2CC[C@]2(C)[C@@H](OC(C)=O)CC[C@@H]12. The Morgan fingerprint density at radius 1 is 1.03 bits per heavy atom. The van der Waals surface area contributed by atoms with Crippen molar-refractivity contribution >= 4 is 25.2 Å². The highest BCUT2D eigenvalue weighted by Crippen LogP contribution is 2.61. The highest BCUT2D eigenvalue weighted by Gasteiger charge is 2.56. The zero-order chi connectivity index (χ0) is 21.8. The Morgan fingerprint density at radius 3 is 2.40 bits per heavy atom. The smallest absolute Gasteiger partial charge is 0.308 e. The van der Waals surface area contributed by atoms with Crippen molar-refractivity contribution in [2.24, 2.45) is 17.3 Å². The van der Waals surface area contributed by atoms with Crippen molar-refractivity contribution in [1.29, 1.82) is 0 Å². The van der Waals surface area contributed by atoms with E-state index in [9.17, 15) is 9.59 Å². The molecule has 3 aliphatic rings. The molecule has 4 rings (SSSR count). The van der Waals surface area contributed by atoms with Crippen LogP contribution in [-0.4, -0.2) is 26.1 Å². The van der Waals surface area contributed by atoms with Crippen LogP contribution >= 0.6 is 0 Å². The van der Waals surface area contributed by atoms with Crippen molar-refractivity contribution in [3.8, 4) is 5.75 Å². The van der Waals surface area contributed by atoms with Gasteiger partial charge < -0.3 is 9.47 Å². The van der Waals surface area contributed by atoms with E-state index >= 15 is 0 Å². The van der Waals surface area contributed by atoms with Crippen molar-refractivity contribution in [2.45, 2.75) is 91.0 Å². The van der Waals surface area contributed by atoms with E-state index in [4.69, 9.17) is 9.47 Å². The third-order valence-electron chi connectivity index (χ3n) is 8.10. The minimum atomic E-state index is -1.69. The summed E-state index contributed by atoms with van der Waals surface area (Å²) in [4.78, 5) is 23.4. The zero-order valence-electron chi connectivity index (χ0n) is 19.3. The summed E-state index contributed by atoms with van der Waals surface area (Å²) in [6.07, 6.45) is 6.76. The van der Waals surface area contributed by atoms with Crippen molar-refractivity contribution in [3.63, 3.8) is 0 Å². The average molecular weight is 429 g/mol. The highest BCUT2D eigenvalue weighted by molar-refractivity contribution is 6.89. The van der Waals surface area contributed by atoms with Gasteiger partial charge in [0, 0.05) is 19.3 Å². The first-order valence-corrected chi connectivity index (χ1v) is 15.0. The number of ether oxygens (including phenoxy) is 2. The number of fused-ring (bicyclic) bond motifs is 5. The third-order valence-corrected chi connectivity index (χ3v) is 10.1. The molecule has 5 atom stereocenters. The lowest BCUT2D eigenvalue weighted by Crippen LogP contribution is -2.47. The van der Waals surface area contributed by atoms with Crippen LogP contribution in [-0.2, 0) is 20.7 Å².